The van der Waals surface area contributed by atoms with Gasteiger partial charge in [-0.2, -0.15) is 0 Å². The molecule has 150 valence electrons. The second-order valence-corrected chi connectivity index (χ2v) is 9.04. The second-order valence-electron chi connectivity index (χ2n) is 6.56. The predicted octanol–water partition coefficient (Wildman–Crippen LogP) is 5.82. The first kappa shape index (κ1) is 21.6. The van der Waals surface area contributed by atoms with Gasteiger partial charge in [-0.3, -0.25) is 9.59 Å². The molecule has 1 amide bonds. The van der Waals surface area contributed by atoms with Crippen molar-refractivity contribution in [2.45, 2.75) is 31.0 Å². The van der Waals surface area contributed by atoms with Gasteiger partial charge in [0.05, 0.1) is 17.9 Å². The van der Waals surface area contributed by atoms with Crippen molar-refractivity contribution in [3.63, 3.8) is 0 Å². The number of carbonyl (C=O) groups excluding carboxylic acids is 2. The fourth-order valence-electron chi connectivity index (χ4n) is 2.61. The summed E-state index contributed by atoms with van der Waals surface area (Å²) in [5.41, 5.74) is 4.23. The molecule has 0 radical (unpaired) electrons. The Balaban J connectivity index is 1.51. The molecule has 0 saturated heterocycles. The molecule has 29 heavy (non-hydrogen) atoms. The van der Waals surface area contributed by atoms with Gasteiger partial charge in [0.2, 0.25) is 5.91 Å². The normalized spacial score (nSPS) is 10.7. The Bertz CT molecular complexity index is 1020. The van der Waals surface area contributed by atoms with Crippen molar-refractivity contribution < 1.29 is 9.59 Å². The fraction of sp³-hybridized carbons (Fsp3) is 0.227. The molecule has 0 fully saturated rings. The first-order valence-corrected chi connectivity index (χ1v) is 11.4. The highest BCUT2D eigenvalue weighted by atomic mass is 35.5. The van der Waals surface area contributed by atoms with E-state index in [-0.39, 0.29) is 18.1 Å². The lowest BCUT2D eigenvalue weighted by atomic mass is 10.1. The lowest BCUT2D eigenvalue weighted by Gasteiger charge is -2.06. The van der Waals surface area contributed by atoms with Gasteiger partial charge in [-0.05, 0) is 36.6 Å². The highest BCUT2D eigenvalue weighted by Gasteiger charge is 2.12. The maximum atomic E-state index is 12.3. The lowest BCUT2D eigenvalue weighted by Crippen LogP contribution is -2.14. The Morgan fingerprint density at radius 3 is 2.62 bits per heavy atom. The number of thioether (sulfide) groups is 1. The summed E-state index contributed by atoms with van der Waals surface area (Å²) in [6.45, 7) is 4.00. The maximum absolute atomic E-state index is 12.3. The first-order valence-electron chi connectivity index (χ1n) is 9.20. The van der Waals surface area contributed by atoms with Gasteiger partial charge in [0.15, 0.2) is 10.1 Å². The number of hydrogen-bond acceptors (Lipinski definition) is 5. The van der Waals surface area contributed by atoms with E-state index in [4.69, 9.17) is 11.6 Å². The summed E-state index contributed by atoms with van der Waals surface area (Å²) in [6, 6.07) is 13.1. The molecule has 1 N–H and O–H groups in total. The molecular formula is C22H21ClN2O2S2. The molecule has 1 aromatic heterocycles. The molecule has 1 heterocycles. The third kappa shape index (κ3) is 6.16. The number of thiazole rings is 1. The van der Waals surface area contributed by atoms with Crippen LogP contribution >= 0.6 is 34.7 Å². The molecule has 3 rings (SSSR count). The number of anilines is 1. The van der Waals surface area contributed by atoms with Crippen LogP contribution in [0.2, 0.25) is 5.02 Å². The number of aryl methyl sites for hydroxylation is 2. The van der Waals surface area contributed by atoms with E-state index < -0.39 is 0 Å². The number of nitrogens with zero attached hydrogens (tertiary/aromatic N) is 1. The Hall–Kier alpha value is -2.15. The molecule has 0 aliphatic rings. The van der Waals surface area contributed by atoms with Crippen LogP contribution in [0.4, 0.5) is 5.69 Å². The first-order chi connectivity index (χ1) is 13.9. The van der Waals surface area contributed by atoms with Crippen LogP contribution in [0.5, 0.6) is 0 Å². The van der Waals surface area contributed by atoms with Gasteiger partial charge >= 0.3 is 0 Å². The third-order valence-electron chi connectivity index (χ3n) is 4.34. The van der Waals surface area contributed by atoms with Crippen molar-refractivity contribution >= 4 is 52.1 Å². The largest absolute Gasteiger partial charge is 0.326 e. The van der Waals surface area contributed by atoms with Gasteiger partial charge in [-0.1, -0.05) is 60.6 Å². The van der Waals surface area contributed by atoms with Crippen molar-refractivity contribution in [3.8, 4) is 0 Å². The van der Waals surface area contributed by atoms with Crippen LogP contribution in [0.3, 0.4) is 0 Å². The number of halogens is 1. The highest BCUT2D eigenvalue weighted by Crippen LogP contribution is 2.24. The van der Waals surface area contributed by atoms with Crippen LogP contribution < -0.4 is 5.32 Å². The van der Waals surface area contributed by atoms with Gasteiger partial charge in [0.1, 0.15) is 0 Å². The summed E-state index contributed by atoms with van der Waals surface area (Å²) >= 11 is 8.93. The molecule has 0 aliphatic carbocycles. The Morgan fingerprint density at radius 2 is 1.93 bits per heavy atom. The van der Waals surface area contributed by atoms with Crippen molar-refractivity contribution in [2.24, 2.45) is 0 Å². The zero-order valence-electron chi connectivity index (χ0n) is 16.2. The molecule has 7 heteroatoms. The molecular weight excluding hydrogens is 424 g/mol. The van der Waals surface area contributed by atoms with E-state index in [1.807, 2.05) is 48.7 Å². The number of nitrogens with one attached hydrogen (secondary N) is 1. The molecule has 2 aromatic carbocycles. The summed E-state index contributed by atoms with van der Waals surface area (Å²) in [7, 11) is 0. The van der Waals surface area contributed by atoms with E-state index in [2.05, 4.69) is 17.2 Å². The topological polar surface area (TPSA) is 59.1 Å². The molecule has 0 spiro atoms. The van der Waals surface area contributed by atoms with Crippen molar-refractivity contribution in [1.82, 2.24) is 4.98 Å². The van der Waals surface area contributed by atoms with E-state index in [0.29, 0.717) is 27.7 Å². The van der Waals surface area contributed by atoms with Crippen LogP contribution in [-0.2, 0) is 17.6 Å². The zero-order chi connectivity index (χ0) is 20.8. The fourth-order valence-corrected chi connectivity index (χ4v) is 4.53. The number of hydrogen-bond donors (Lipinski definition) is 1. The molecule has 0 aliphatic heterocycles. The second kappa shape index (κ2) is 10.1. The number of rotatable bonds is 8. The minimum absolute atomic E-state index is 0.0726. The number of benzene rings is 2. The lowest BCUT2D eigenvalue weighted by molar-refractivity contribution is -0.115. The Morgan fingerprint density at radius 1 is 1.17 bits per heavy atom. The molecule has 0 unspecified atom stereocenters. The smallest absolute Gasteiger partial charge is 0.230 e. The number of aromatic nitrogens is 1. The van der Waals surface area contributed by atoms with Crippen LogP contribution in [0.15, 0.2) is 52.2 Å². The van der Waals surface area contributed by atoms with Crippen LogP contribution in [0, 0.1) is 6.92 Å². The number of ketones is 1. The molecule has 4 nitrogen and oxygen atoms in total. The number of Topliss-reactive ketones (excluding diaryl/α,β-unsaturated/α-hetero) is 1. The van der Waals surface area contributed by atoms with E-state index in [0.717, 1.165) is 16.3 Å². The van der Waals surface area contributed by atoms with Gasteiger partial charge in [-0.25, -0.2) is 4.98 Å². The molecule has 0 saturated carbocycles. The zero-order valence-corrected chi connectivity index (χ0v) is 18.6. The predicted molar refractivity (Wildman–Crippen MR) is 122 cm³/mol. The SMILES string of the molecule is CCc1ccc(C(=O)CSc2nc(CC(=O)Nc3ccc(C)c(Cl)c3)cs2)cc1. The average Bonchev–Trinajstić information content (AvgIpc) is 3.16. The van der Waals surface area contributed by atoms with Crippen molar-refractivity contribution in [3.05, 3.63) is 75.3 Å². The third-order valence-corrected chi connectivity index (χ3v) is 6.82. The van der Waals surface area contributed by atoms with E-state index >= 15 is 0 Å². The van der Waals surface area contributed by atoms with Gasteiger partial charge < -0.3 is 5.32 Å². The van der Waals surface area contributed by atoms with Crippen LogP contribution in [0.25, 0.3) is 0 Å². The van der Waals surface area contributed by atoms with Gasteiger partial charge in [0.25, 0.3) is 0 Å². The summed E-state index contributed by atoms with van der Waals surface area (Å²) < 4.78 is 0.782. The minimum atomic E-state index is -0.154. The summed E-state index contributed by atoms with van der Waals surface area (Å²) in [5, 5.41) is 5.30. The van der Waals surface area contributed by atoms with Gasteiger partial charge in [-0.15, -0.1) is 11.3 Å². The van der Waals surface area contributed by atoms with Crippen LogP contribution in [-0.4, -0.2) is 22.4 Å². The summed E-state index contributed by atoms with van der Waals surface area (Å²) in [6.07, 6.45) is 1.13. The van der Waals surface area contributed by atoms with Crippen molar-refractivity contribution in [1.29, 1.82) is 0 Å². The maximum Gasteiger partial charge on any atom is 0.230 e. The quantitative estimate of drug-likeness (QED) is 0.351. The molecule has 0 bridgehead atoms. The monoisotopic (exact) mass is 444 g/mol. The van der Waals surface area contributed by atoms with Crippen LogP contribution in [0.1, 0.15) is 34.1 Å². The standard InChI is InChI=1S/C22H21ClN2O2S2/c1-3-15-5-7-16(8-6-15)20(26)13-29-22-25-18(12-28-22)11-21(27)24-17-9-4-14(2)19(23)10-17/h4-10,12H,3,11,13H2,1-2H3,(H,24,27). The van der Waals surface area contributed by atoms with Crippen molar-refractivity contribution in [2.75, 3.05) is 11.1 Å². The van der Waals surface area contributed by atoms with E-state index in [9.17, 15) is 9.59 Å². The summed E-state index contributed by atoms with van der Waals surface area (Å²) in [4.78, 5) is 29.0. The van der Waals surface area contributed by atoms with E-state index in [1.165, 1.54) is 28.7 Å². The summed E-state index contributed by atoms with van der Waals surface area (Å²) in [5.74, 6) is 0.245. The van der Waals surface area contributed by atoms with E-state index in [1.54, 1.807) is 6.07 Å². The molecule has 3 aromatic rings. The molecule has 0 atom stereocenters. The number of amides is 1. The average molecular weight is 445 g/mol. The number of carbonyl (C=O) groups is 2. The Kier molecular flexibility index (Phi) is 7.47. The van der Waals surface area contributed by atoms with Gasteiger partial charge in [0, 0.05) is 21.7 Å². The minimum Gasteiger partial charge on any atom is -0.326 e. The highest BCUT2D eigenvalue weighted by molar-refractivity contribution is 8.01. The Labute approximate surface area is 183 Å².